The van der Waals surface area contributed by atoms with E-state index in [1.165, 1.54) is 12.8 Å². The van der Waals surface area contributed by atoms with E-state index >= 15 is 0 Å². The van der Waals surface area contributed by atoms with Crippen LogP contribution in [-0.2, 0) is 9.47 Å². The van der Waals surface area contributed by atoms with Gasteiger partial charge in [0.2, 0.25) is 0 Å². The maximum atomic E-state index is 6.17. The predicted molar refractivity (Wildman–Crippen MR) is 66.5 cm³/mol. The standard InChI is InChI=1S/C13H27NO2/c1-12(2)5-8-15-9-10-16-11-13(14)6-3-4-7-13/h12H,3-11,14H2,1-2H3. The van der Waals surface area contributed by atoms with Crippen LogP contribution < -0.4 is 5.73 Å². The van der Waals surface area contributed by atoms with Crippen molar-refractivity contribution in [3.8, 4) is 0 Å². The third kappa shape index (κ3) is 5.83. The minimum Gasteiger partial charge on any atom is -0.379 e. The molecule has 0 aliphatic heterocycles. The topological polar surface area (TPSA) is 44.5 Å². The first kappa shape index (κ1) is 13.9. The molecule has 0 aromatic rings. The maximum absolute atomic E-state index is 6.17. The van der Waals surface area contributed by atoms with Gasteiger partial charge in [-0.25, -0.2) is 0 Å². The van der Waals surface area contributed by atoms with Gasteiger partial charge in [-0.3, -0.25) is 0 Å². The Morgan fingerprint density at radius 3 is 2.31 bits per heavy atom. The normalized spacial score (nSPS) is 19.5. The number of hydrogen-bond donors (Lipinski definition) is 1. The molecule has 0 bridgehead atoms. The second kappa shape index (κ2) is 7.25. The van der Waals surface area contributed by atoms with Gasteiger partial charge in [-0.15, -0.1) is 0 Å². The summed E-state index contributed by atoms with van der Waals surface area (Å²) >= 11 is 0. The Morgan fingerprint density at radius 1 is 1.06 bits per heavy atom. The van der Waals surface area contributed by atoms with Crippen molar-refractivity contribution in [2.45, 2.75) is 51.5 Å². The summed E-state index contributed by atoms with van der Waals surface area (Å²) in [6, 6.07) is 0. The fourth-order valence-corrected chi connectivity index (χ4v) is 2.04. The van der Waals surface area contributed by atoms with E-state index in [0.29, 0.717) is 25.7 Å². The van der Waals surface area contributed by atoms with Gasteiger partial charge in [-0.1, -0.05) is 26.7 Å². The molecule has 0 heterocycles. The monoisotopic (exact) mass is 229 g/mol. The molecule has 96 valence electrons. The smallest absolute Gasteiger partial charge is 0.0701 e. The van der Waals surface area contributed by atoms with Gasteiger partial charge in [0, 0.05) is 12.1 Å². The molecular weight excluding hydrogens is 202 g/mol. The van der Waals surface area contributed by atoms with Gasteiger partial charge in [0.25, 0.3) is 0 Å². The van der Waals surface area contributed by atoms with Gasteiger partial charge in [0.05, 0.1) is 19.8 Å². The summed E-state index contributed by atoms with van der Waals surface area (Å²) in [4.78, 5) is 0. The first-order valence-corrected chi connectivity index (χ1v) is 6.57. The van der Waals surface area contributed by atoms with E-state index in [2.05, 4.69) is 13.8 Å². The minimum absolute atomic E-state index is 0.0437. The molecule has 1 rings (SSSR count). The van der Waals surface area contributed by atoms with Crippen molar-refractivity contribution in [1.29, 1.82) is 0 Å². The Balaban J connectivity index is 1.88. The quantitative estimate of drug-likeness (QED) is 0.650. The van der Waals surface area contributed by atoms with Crippen LogP contribution in [0.1, 0.15) is 46.0 Å². The van der Waals surface area contributed by atoms with E-state index in [-0.39, 0.29) is 5.54 Å². The van der Waals surface area contributed by atoms with E-state index in [1.54, 1.807) is 0 Å². The predicted octanol–water partition coefficient (Wildman–Crippen LogP) is 2.34. The molecular formula is C13H27NO2. The lowest BCUT2D eigenvalue weighted by Crippen LogP contribution is -2.41. The first-order chi connectivity index (χ1) is 7.62. The van der Waals surface area contributed by atoms with Crippen molar-refractivity contribution in [1.82, 2.24) is 0 Å². The van der Waals surface area contributed by atoms with Crippen LogP contribution in [0.15, 0.2) is 0 Å². The Morgan fingerprint density at radius 2 is 1.69 bits per heavy atom. The minimum atomic E-state index is -0.0437. The molecule has 1 saturated carbocycles. The average Bonchev–Trinajstić information content (AvgIpc) is 2.64. The van der Waals surface area contributed by atoms with Gasteiger partial charge in [0.15, 0.2) is 0 Å². The van der Waals surface area contributed by atoms with Crippen LogP contribution in [0.4, 0.5) is 0 Å². The van der Waals surface area contributed by atoms with E-state index < -0.39 is 0 Å². The lowest BCUT2D eigenvalue weighted by molar-refractivity contribution is 0.0253. The lowest BCUT2D eigenvalue weighted by atomic mass is 10.0. The zero-order valence-corrected chi connectivity index (χ0v) is 10.8. The van der Waals surface area contributed by atoms with Gasteiger partial charge >= 0.3 is 0 Å². The molecule has 0 aromatic carbocycles. The molecule has 0 amide bonds. The summed E-state index contributed by atoms with van der Waals surface area (Å²) in [6.45, 7) is 7.32. The second-order valence-corrected chi connectivity index (χ2v) is 5.42. The molecule has 0 atom stereocenters. The largest absolute Gasteiger partial charge is 0.379 e. The first-order valence-electron chi connectivity index (χ1n) is 6.57. The molecule has 1 fully saturated rings. The van der Waals surface area contributed by atoms with Gasteiger partial charge < -0.3 is 15.2 Å². The van der Waals surface area contributed by atoms with E-state index in [4.69, 9.17) is 15.2 Å². The SMILES string of the molecule is CC(C)CCOCCOCC1(N)CCCC1. The van der Waals surface area contributed by atoms with Crippen LogP contribution in [0.5, 0.6) is 0 Å². The number of rotatable bonds is 8. The average molecular weight is 229 g/mol. The summed E-state index contributed by atoms with van der Waals surface area (Å²) in [6.07, 6.45) is 5.86. The molecule has 0 aromatic heterocycles. The number of nitrogens with two attached hydrogens (primary N) is 1. The van der Waals surface area contributed by atoms with E-state index in [9.17, 15) is 0 Å². The van der Waals surface area contributed by atoms with Crippen LogP contribution in [0.3, 0.4) is 0 Å². The summed E-state index contributed by atoms with van der Waals surface area (Å²) in [5.74, 6) is 0.715. The highest BCUT2D eigenvalue weighted by atomic mass is 16.5. The Labute approximate surface area is 99.7 Å². The van der Waals surface area contributed by atoms with Crippen LogP contribution >= 0.6 is 0 Å². The van der Waals surface area contributed by atoms with Gasteiger partial charge in [-0.05, 0) is 25.2 Å². The molecule has 3 nitrogen and oxygen atoms in total. The van der Waals surface area contributed by atoms with Crippen LogP contribution in [0, 0.1) is 5.92 Å². The molecule has 1 aliphatic carbocycles. The van der Waals surface area contributed by atoms with Gasteiger partial charge in [-0.2, -0.15) is 0 Å². The van der Waals surface area contributed by atoms with Gasteiger partial charge in [0.1, 0.15) is 0 Å². The lowest BCUT2D eigenvalue weighted by Gasteiger charge is -2.23. The number of hydrogen-bond acceptors (Lipinski definition) is 3. The Hall–Kier alpha value is -0.120. The highest BCUT2D eigenvalue weighted by Gasteiger charge is 2.29. The molecule has 0 spiro atoms. The van der Waals surface area contributed by atoms with E-state index in [1.807, 2.05) is 0 Å². The van der Waals surface area contributed by atoms with Crippen LogP contribution in [-0.4, -0.2) is 32.0 Å². The van der Waals surface area contributed by atoms with Crippen molar-refractivity contribution in [2.75, 3.05) is 26.4 Å². The molecule has 3 heteroatoms. The zero-order valence-electron chi connectivity index (χ0n) is 10.8. The molecule has 16 heavy (non-hydrogen) atoms. The van der Waals surface area contributed by atoms with Crippen molar-refractivity contribution < 1.29 is 9.47 Å². The molecule has 0 saturated heterocycles. The third-order valence-corrected chi connectivity index (χ3v) is 3.20. The molecule has 1 aliphatic rings. The van der Waals surface area contributed by atoms with Crippen molar-refractivity contribution in [2.24, 2.45) is 11.7 Å². The van der Waals surface area contributed by atoms with Crippen LogP contribution in [0.25, 0.3) is 0 Å². The van der Waals surface area contributed by atoms with Crippen molar-refractivity contribution in [3.63, 3.8) is 0 Å². The molecule has 0 unspecified atom stereocenters. The fraction of sp³-hybridized carbons (Fsp3) is 1.00. The van der Waals surface area contributed by atoms with Crippen molar-refractivity contribution >= 4 is 0 Å². The highest BCUT2D eigenvalue weighted by Crippen LogP contribution is 2.27. The summed E-state index contributed by atoms with van der Waals surface area (Å²) in [7, 11) is 0. The maximum Gasteiger partial charge on any atom is 0.0701 e. The summed E-state index contributed by atoms with van der Waals surface area (Å²) < 4.78 is 11.1. The zero-order chi connectivity index (χ0) is 11.9. The van der Waals surface area contributed by atoms with E-state index in [0.717, 1.165) is 25.9 Å². The van der Waals surface area contributed by atoms with Crippen LogP contribution in [0.2, 0.25) is 0 Å². The third-order valence-electron chi connectivity index (χ3n) is 3.20. The fourth-order valence-electron chi connectivity index (χ4n) is 2.04. The van der Waals surface area contributed by atoms with Crippen molar-refractivity contribution in [3.05, 3.63) is 0 Å². The summed E-state index contributed by atoms with van der Waals surface area (Å²) in [5, 5.41) is 0. The highest BCUT2D eigenvalue weighted by molar-refractivity contribution is 4.88. The molecule has 2 N–H and O–H groups in total. The second-order valence-electron chi connectivity index (χ2n) is 5.42. The molecule has 0 radical (unpaired) electrons. The Kier molecular flexibility index (Phi) is 6.32. The summed E-state index contributed by atoms with van der Waals surface area (Å²) in [5.41, 5.74) is 6.13. The number of ether oxygens (including phenoxy) is 2. The Bertz CT molecular complexity index is 177.